The van der Waals surface area contributed by atoms with Gasteiger partial charge in [-0.2, -0.15) is 0 Å². The first-order valence-corrected chi connectivity index (χ1v) is 9.00. The fraction of sp³-hybridized carbons (Fsp3) is 0.182. The quantitative estimate of drug-likeness (QED) is 0.545. The lowest BCUT2D eigenvalue weighted by Crippen LogP contribution is -2.01. The molecule has 2 aromatic heterocycles. The molecule has 0 fully saturated rings. The lowest BCUT2D eigenvalue weighted by atomic mass is 10.1. The molecule has 0 radical (unpaired) electrons. The largest absolute Gasteiger partial charge is 0.493 e. The molecule has 142 valence electrons. The Hall–Kier alpha value is -3.54. The van der Waals surface area contributed by atoms with Gasteiger partial charge in [-0.3, -0.25) is 9.38 Å². The normalized spacial score (nSPS) is 10.9. The van der Waals surface area contributed by atoms with E-state index in [1.165, 1.54) is 11.1 Å². The number of nitrogens with zero attached hydrogens (tertiary/aromatic N) is 3. The van der Waals surface area contributed by atoms with Crippen LogP contribution in [0.2, 0.25) is 0 Å². The molecule has 4 aromatic rings. The summed E-state index contributed by atoms with van der Waals surface area (Å²) in [5.74, 6) is 2.22. The summed E-state index contributed by atoms with van der Waals surface area (Å²) in [6.07, 6.45) is 5.41. The van der Waals surface area contributed by atoms with E-state index in [9.17, 15) is 0 Å². The number of aromatic nitrogens is 3. The van der Waals surface area contributed by atoms with Crippen molar-refractivity contribution >= 4 is 17.2 Å². The molecule has 0 bridgehead atoms. The van der Waals surface area contributed by atoms with Crippen molar-refractivity contribution in [3.8, 4) is 22.8 Å². The van der Waals surface area contributed by atoms with Crippen molar-refractivity contribution < 1.29 is 9.47 Å². The van der Waals surface area contributed by atoms with Crippen molar-refractivity contribution in [3.05, 3.63) is 66.1 Å². The van der Waals surface area contributed by atoms with Crippen molar-refractivity contribution in [2.45, 2.75) is 13.8 Å². The Bertz CT molecular complexity index is 1130. The molecule has 6 heteroatoms. The first-order valence-electron chi connectivity index (χ1n) is 9.00. The predicted octanol–water partition coefficient (Wildman–Crippen LogP) is 4.77. The van der Waals surface area contributed by atoms with Crippen LogP contribution in [0.3, 0.4) is 0 Å². The summed E-state index contributed by atoms with van der Waals surface area (Å²) in [6.45, 7) is 4.19. The van der Waals surface area contributed by atoms with Gasteiger partial charge in [0.1, 0.15) is 11.5 Å². The van der Waals surface area contributed by atoms with E-state index in [0.717, 1.165) is 28.4 Å². The van der Waals surface area contributed by atoms with Gasteiger partial charge in [0.15, 0.2) is 17.1 Å². The summed E-state index contributed by atoms with van der Waals surface area (Å²) in [5, 5.41) is 3.60. The molecular formula is C22H22N4O2. The highest BCUT2D eigenvalue weighted by Crippen LogP contribution is 2.37. The number of aryl methyl sites for hydroxylation is 2. The average Bonchev–Trinajstić information content (AvgIpc) is 3.08. The first-order chi connectivity index (χ1) is 13.6. The summed E-state index contributed by atoms with van der Waals surface area (Å²) in [6, 6.07) is 12.0. The number of fused-ring (bicyclic) bond motifs is 1. The minimum absolute atomic E-state index is 0.660. The lowest BCUT2D eigenvalue weighted by molar-refractivity contribution is 0.355. The number of nitrogens with one attached hydrogen (secondary N) is 1. The molecule has 2 heterocycles. The van der Waals surface area contributed by atoms with Crippen molar-refractivity contribution in [1.29, 1.82) is 0 Å². The van der Waals surface area contributed by atoms with E-state index in [0.29, 0.717) is 11.5 Å². The maximum absolute atomic E-state index is 5.48. The molecule has 0 saturated carbocycles. The van der Waals surface area contributed by atoms with Crippen molar-refractivity contribution in [3.63, 3.8) is 0 Å². The zero-order valence-electron chi connectivity index (χ0n) is 16.4. The standard InChI is InChI=1S/C22H22N4O2/c1-14-6-5-7-15(2)20(14)25-22-21(24-19-13-23-10-11-26(19)22)16-8-9-17(27-3)18(12-16)28-4/h5-13,25H,1-4H3. The molecule has 1 N–H and O–H groups in total. The maximum Gasteiger partial charge on any atom is 0.161 e. The fourth-order valence-corrected chi connectivity index (χ4v) is 3.34. The molecular weight excluding hydrogens is 352 g/mol. The topological polar surface area (TPSA) is 60.7 Å². The molecule has 0 saturated heterocycles. The Morgan fingerprint density at radius 3 is 2.43 bits per heavy atom. The van der Waals surface area contributed by atoms with Gasteiger partial charge in [-0.1, -0.05) is 18.2 Å². The second-order valence-electron chi connectivity index (χ2n) is 6.58. The number of imidazole rings is 1. The zero-order chi connectivity index (χ0) is 19.7. The number of hydrogen-bond donors (Lipinski definition) is 1. The summed E-state index contributed by atoms with van der Waals surface area (Å²) in [5.41, 5.74) is 5.92. The van der Waals surface area contributed by atoms with Crippen LogP contribution in [-0.2, 0) is 0 Å². The lowest BCUT2D eigenvalue weighted by Gasteiger charge is -2.14. The number of ether oxygens (including phenoxy) is 2. The van der Waals surface area contributed by atoms with E-state index >= 15 is 0 Å². The maximum atomic E-state index is 5.48. The molecule has 0 amide bonds. The number of anilines is 2. The minimum atomic E-state index is 0.660. The van der Waals surface area contributed by atoms with Crippen LogP contribution in [0.1, 0.15) is 11.1 Å². The molecule has 0 aliphatic heterocycles. The summed E-state index contributed by atoms with van der Waals surface area (Å²) in [4.78, 5) is 9.02. The molecule has 28 heavy (non-hydrogen) atoms. The molecule has 0 aliphatic rings. The van der Waals surface area contributed by atoms with Crippen molar-refractivity contribution in [2.75, 3.05) is 19.5 Å². The van der Waals surface area contributed by atoms with Gasteiger partial charge in [0, 0.05) is 23.6 Å². The van der Waals surface area contributed by atoms with Gasteiger partial charge in [0.2, 0.25) is 0 Å². The smallest absolute Gasteiger partial charge is 0.161 e. The predicted molar refractivity (Wildman–Crippen MR) is 111 cm³/mol. The molecule has 0 aliphatic carbocycles. The van der Waals surface area contributed by atoms with Crippen molar-refractivity contribution in [2.24, 2.45) is 0 Å². The molecule has 0 atom stereocenters. The molecule has 0 spiro atoms. The highest BCUT2D eigenvalue weighted by molar-refractivity contribution is 5.81. The average molecular weight is 374 g/mol. The summed E-state index contributed by atoms with van der Waals surface area (Å²) >= 11 is 0. The van der Waals surface area contributed by atoms with E-state index < -0.39 is 0 Å². The molecule has 2 aromatic carbocycles. The van der Waals surface area contributed by atoms with E-state index in [2.05, 4.69) is 42.3 Å². The summed E-state index contributed by atoms with van der Waals surface area (Å²) < 4.78 is 12.8. The number of rotatable bonds is 5. The van der Waals surface area contributed by atoms with Gasteiger partial charge >= 0.3 is 0 Å². The van der Waals surface area contributed by atoms with E-state index in [4.69, 9.17) is 14.5 Å². The SMILES string of the molecule is COc1ccc(-c2nc3cnccn3c2Nc2c(C)cccc2C)cc1OC. The highest BCUT2D eigenvalue weighted by atomic mass is 16.5. The van der Waals surface area contributed by atoms with E-state index in [-0.39, 0.29) is 0 Å². The fourth-order valence-electron chi connectivity index (χ4n) is 3.34. The van der Waals surface area contributed by atoms with E-state index in [1.807, 2.05) is 28.8 Å². The Labute approximate surface area is 163 Å². The van der Waals surface area contributed by atoms with Crippen LogP contribution < -0.4 is 14.8 Å². The second-order valence-corrected chi connectivity index (χ2v) is 6.58. The number of benzene rings is 2. The first kappa shape index (κ1) is 17.9. The van der Waals surface area contributed by atoms with Gasteiger partial charge in [-0.25, -0.2) is 4.98 Å². The van der Waals surface area contributed by atoms with Gasteiger partial charge in [0.25, 0.3) is 0 Å². The third kappa shape index (κ3) is 3.03. The van der Waals surface area contributed by atoms with Crippen LogP contribution >= 0.6 is 0 Å². The Morgan fingerprint density at radius 2 is 1.71 bits per heavy atom. The highest BCUT2D eigenvalue weighted by Gasteiger charge is 2.17. The van der Waals surface area contributed by atoms with Crippen LogP contribution in [0, 0.1) is 13.8 Å². The molecule has 6 nitrogen and oxygen atoms in total. The second kappa shape index (κ2) is 7.23. The van der Waals surface area contributed by atoms with E-state index in [1.54, 1.807) is 26.6 Å². The van der Waals surface area contributed by atoms with Gasteiger partial charge < -0.3 is 14.8 Å². The summed E-state index contributed by atoms with van der Waals surface area (Å²) in [7, 11) is 3.26. The van der Waals surface area contributed by atoms with Gasteiger partial charge in [-0.05, 0) is 43.2 Å². The van der Waals surface area contributed by atoms with Crippen LogP contribution in [0.5, 0.6) is 11.5 Å². The van der Waals surface area contributed by atoms with Crippen LogP contribution in [0.4, 0.5) is 11.5 Å². The Balaban J connectivity index is 1.91. The van der Waals surface area contributed by atoms with Crippen LogP contribution in [0.15, 0.2) is 55.0 Å². The van der Waals surface area contributed by atoms with Crippen molar-refractivity contribution in [1.82, 2.24) is 14.4 Å². The number of para-hydroxylation sites is 1. The molecule has 0 unspecified atom stereocenters. The minimum Gasteiger partial charge on any atom is -0.493 e. The molecule has 4 rings (SSSR count). The van der Waals surface area contributed by atoms with Crippen LogP contribution in [-0.4, -0.2) is 28.6 Å². The van der Waals surface area contributed by atoms with Gasteiger partial charge in [-0.15, -0.1) is 0 Å². The van der Waals surface area contributed by atoms with Gasteiger partial charge in [0.05, 0.1) is 20.4 Å². The number of hydrogen-bond acceptors (Lipinski definition) is 5. The third-order valence-corrected chi connectivity index (χ3v) is 4.81. The van der Waals surface area contributed by atoms with Crippen LogP contribution in [0.25, 0.3) is 16.9 Å². The third-order valence-electron chi connectivity index (χ3n) is 4.81. The zero-order valence-corrected chi connectivity index (χ0v) is 16.4. The Morgan fingerprint density at radius 1 is 0.964 bits per heavy atom. The number of methoxy groups -OCH3 is 2. The monoisotopic (exact) mass is 374 g/mol. The Kier molecular flexibility index (Phi) is 4.61.